The average Bonchev–Trinajstić information content (AvgIpc) is 2.11. The van der Waals surface area contributed by atoms with Crippen LogP contribution in [0.25, 0.3) is 0 Å². The van der Waals surface area contributed by atoms with Crippen molar-refractivity contribution in [1.29, 1.82) is 0 Å². The lowest BCUT2D eigenvalue weighted by atomic mass is 10.0. The van der Waals surface area contributed by atoms with Gasteiger partial charge in [0.1, 0.15) is 11.7 Å². The molecule has 14 heavy (non-hydrogen) atoms. The Morgan fingerprint density at radius 3 is 2.07 bits per heavy atom. The van der Waals surface area contributed by atoms with E-state index in [9.17, 15) is 14.4 Å². The lowest BCUT2D eigenvalue weighted by Gasteiger charge is -2.04. The van der Waals surface area contributed by atoms with Crippen LogP contribution in [0.4, 0.5) is 0 Å². The fourth-order valence-electron chi connectivity index (χ4n) is 0.735. The van der Waals surface area contributed by atoms with Crippen molar-refractivity contribution in [1.82, 2.24) is 0 Å². The maximum Gasteiger partial charge on any atom is 0.330 e. The zero-order valence-electron chi connectivity index (χ0n) is 7.82. The first-order chi connectivity index (χ1) is 6.36. The molecule has 0 bridgehead atoms. The molecule has 0 saturated heterocycles. The Balaban J connectivity index is 4.03. The van der Waals surface area contributed by atoms with Gasteiger partial charge in [0.05, 0.1) is 0 Å². The Bertz CT molecular complexity index is 279. The summed E-state index contributed by atoms with van der Waals surface area (Å²) < 4.78 is 0. The first-order valence-electron chi connectivity index (χ1n) is 4.02. The van der Waals surface area contributed by atoms with E-state index < -0.39 is 23.6 Å². The first kappa shape index (κ1) is 12.3. The number of carboxylic acids is 2. The van der Waals surface area contributed by atoms with Crippen LogP contribution in [0, 0.1) is 5.92 Å². The first-order valence-corrected chi connectivity index (χ1v) is 4.02. The lowest BCUT2D eigenvalue weighted by Crippen LogP contribution is -2.20. The van der Waals surface area contributed by atoms with Crippen LogP contribution in [0.1, 0.15) is 19.8 Å². The van der Waals surface area contributed by atoms with Gasteiger partial charge in [-0.25, -0.2) is 4.79 Å². The number of ketones is 1. The van der Waals surface area contributed by atoms with Crippen LogP contribution >= 0.6 is 0 Å². The molecule has 0 heterocycles. The third-order valence-electron chi connectivity index (χ3n) is 1.83. The third-order valence-corrected chi connectivity index (χ3v) is 1.83. The minimum absolute atomic E-state index is 0.00815. The van der Waals surface area contributed by atoms with Gasteiger partial charge in [-0.05, 0) is 13.3 Å². The van der Waals surface area contributed by atoms with Crippen LogP contribution in [-0.4, -0.2) is 27.9 Å². The van der Waals surface area contributed by atoms with Gasteiger partial charge >= 0.3 is 11.9 Å². The van der Waals surface area contributed by atoms with E-state index in [0.29, 0.717) is 0 Å². The monoisotopic (exact) mass is 200 g/mol. The number of aliphatic carboxylic acids is 2. The molecule has 0 aliphatic carbocycles. The molecule has 0 amide bonds. The zero-order valence-corrected chi connectivity index (χ0v) is 7.82. The van der Waals surface area contributed by atoms with Crippen molar-refractivity contribution in [3.05, 3.63) is 12.2 Å². The Morgan fingerprint density at radius 1 is 1.21 bits per heavy atom. The molecule has 0 rings (SSSR count). The van der Waals surface area contributed by atoms with Gasteiger partial charge in [-0.15, -0.1) is 0 Å². The molecule has 0 aliphatic rings. The van der Waals surface area contributed by atoms with E-state index in [2.05, 4.69) is 6.58 Å². The highest BCUT2D eigenvalue weighted by Crippen LogP contribution is 2.08. The predicted molar refractivity (Wildman–Crippen MR) is 47.8 cm³/mol. The fourth-order valence-corrected chi connectivity index (χ4v) is 0.735. The quantitative estimate of drug-likeness (QED) is 0.486. The van der Waals surface area contributed by atoms with Gasteiger partial charge < -0.3 is 10.2 Å². The maximum absolute atomic E-state index is 11.1. The second-order valence-electron chi connectivity index (χ2n) is 2.93. The molecule has 0 radical (unpaired) electrons. The fraction of sp³-hybridized carbons (Fsp3) is 0.444. The number of rotatable bonds is 6. The molecular weight excluding hydrogens is 188 g/mol. The number of Topliss-reactive ketones (excluding diaryl/α,β-unsaturated/α-hetero) is 1. The van der Waals surface area contributed by atoms with Crippen molar-refractivity contribution < 1.29 is 24.6 Å². The standard InChI is InChI=1S/C9H12O5/c1-5(8(11)12)3-4-7(10)6(2)9(13)14/h6H,1,3-4H2,2H3,(H,11,12)(H,13,14). The van der Waals surface area contributed by atoms with Crippen LogP contribution in [0.15, 0.2) is 12.2 Å². The minimum Gasteiger partial charge on any atom is -0.481 e. The van der Waals surface area contributed by atoms with Gasteiger partial charge in [-0.1, -0.05) is 6.58 Å². The molecule has 5 nitrogen and oxygen atoms in total. The van der Waals surface area contributed by atoms with Crippen LogP contribution in [0.3, 0.4) is 0 Å². The lowest BCUT2D eigenvalue weighted by molar-refractivity contribution is -0.145. The Kier molecular flexibility index (Phi) is 4.55. The summed E-state index contributed by atoms with van der Waals surface area (Å²) in [7, 11) is 0. The Hall–Kier alpha value is -1.65. The van der Waals surface area contributed by atoms with Gasteiger partial charge in [0.15, 0.2) is 0 Å². The van der Waals surface area contributed by atoms with Gasteiger partial charge in [-0.3, -0.25) is 9.59 Å². The summed E-state index contributed by atoms with van der Waals surface area (Å²) >= 11 is 0. The van der Waals surface area contributed by atoms with E-state index in [1.54, 1.807) is 0 Å². The van der Waals surface area contributed by atoms with E-state index in [0.717, 1.165) is 0 Å². The van der Waals surface area contributed by atoms with Crippen molar-refractivity contribution in [2.24, 2.45) is 5.92 Å². The minimum atomic E-state index is -1.20. The Labute approximate surface area is 81.0 Å². The summed E-state index contributed by atoms with van der Waals surface area (Å²) in [5.74, 6) is -3.94. The van der Waals surface area contributed by atoms with Crippen molar-refractivity contribution >= 4 is 17.7 Å². The zero-order chi connectivity index (χ0) is 11.3. The molecule has 2 N–H and O–H groups in total. The molecule has 0 spiro atoms. The van der Waals surface area contributed by atoms with Crippen LogP contribution in [0.2, 0.25) is 0 Å². The van der Waals surface area contributed by atoms with Gasteiger partial charge in [-0.2, -0.15) is 0 Å². The van der Waals surface area contributed by atoms with Crippen molar-refractivity contribution in [3.8, 4) is 0 Å². The van der Waals surface area contributed by atoms with Crippen LogP contribution in [0.5, 0.6) is 0 Å². The Morgan fingerprint density at radius 2 is 1.71 bits per heavy atom. The van der Waals surface area contributed by atoms with E-state index >= 15 is 0 Å². The molecular formula is C9H12O5. The normalized spacial score (nSPS) is 11.8. The topological polar surface area (TPSA) is 91.7 Å². The molecule has 0 fully saturated rings. The van der Waals surface area contributed by atoms with Crippen molar-refractivity contribution in [2.45, 2.75) is 19.8 Å². The van der Waals surface area contributed by atoms with E-state index in [1.807, 2.05) is 0 Å². The molecule has 0 aliphatic heterocycles. The highest BCUT2D eigenvalue weighted by atomic mass is 16.4. The predicted octanol–water partition coefficient (Wildman–Crippen LogP) is 0.697. The molecule has 0 aromatic rings. The molecule has 78 valence electrons. The average molecular weight is 200 g/mol. The summed E-state index contributed by atoms with van der Waals surface area (Å²) in [4.78, 5) is 31.7. The third kappa shape index (κ3) is 3.84. The summed E-state index contributed by atoms with van der Waals surface area (Å²) in [6.45, 7) is 4.50. The van der Waals surface area contributed by atoms with Gasteiger partial charge in [0.25, 0.3) is 0 Å². The molecule has 0 aromatic carbocycles. The maximum atomic E-state index is 11.1. The van der Waals surface area contributed by atoms with E-state index in [1.165, 1.54) is 6.92 Å². The largest absolute Gasteiger partial charge is 0.481 e. The highest BCUT2D eigenvalue weighted by molar-refractivity contribution is 5.98. The SMILES string of the molecule is C=C(CCC(=O)C(C)C(=O)O)C(=O)O. The molecule has 0 aromatic heterocycles. The highest BCUT2D eigenvalue weighted by Gasteiger charge is 2.20. The van der Waals surface area contributed by atoms with Gasteiger partial charge in [0, 0.05) is 12.0 Å². The summed E-state index contributed by atoms with van der Waals surface area (Å²) in [5, 5.41) is 16.9. The van der Waals surface area contributed by atoms with Crippen molar-refractivity contribution in [3.63, 3.8) is 0 Å². The number of carbonyl (C=O) groups is 3. The number of hydrogen-bond donors (Lipinski definition) is 2. The molecule has 0 saturated carbocycles. The molecule has 1 unspecified atom stereocenters. The number of carboxylic acid groups (broad SMARTS) is 2. The second kappa shape index (κ2) is 5.16. The molecule has 1 atom stereocenters. The number of carbonyl (C=O) groups excluding carboxylic acids is 1. The van der Waals surface area contributed by atoms with Crippen LogP contribution < -0.4 is 0 Å². The number of hydrogen-bond acceptors (Lipinski definition) is 3. The van der Waals surface area contributed by atoms with Crippen molar-refractivity contribution in [2.75, 3.05) is 0 Å². The van der Waals surface area contributed by atoms with E-state index in [4.69, 9.17) is 10.2 Å². The second-order valence-corrected chi connectivity index (χ2v) is 2.93. The summed E-state index contributed by atoms with van der Waals surface area (Å²) in [6.07, 6.45) is -0.107. The molecule has 5 heteroatoms. The summed E-state index contributed by atoms with van der Waals surface area (Å²) in [5.41, 5.74) is -0.0871. The van der Waals surface area contributed by atoms with E-state index in [-0.39, 0.29) is 18.4 Å². The summed E-state index contributed by atoms with van der Waals surface area (Å²) in [6, 6.07) is 0. The van der Waals surface area contributed by atoms with Gasteiger partial charge in [0.2, 0.25) is 0 Å². The van der Waals surface area contributed by atoms with Crippen LogP contribution in [-0.2, 0) is 14.4 Å². The smallest absolute Gasteiger partial charge is 0.330 e.